The molecule has 0 bridgehead atoms. The van der Waals surface area contributed by atoms with Crippen LogP contribution in [0.3, 0.4) is 0 Å². The molecule has 5 nitrogen and oxygen atoms in total. The molecule has 1 aromatic heterocycles. The summed E-state index contributed by atoms with van der Waals surface area (Å²) < 4.78 is 38.3. The minimum absolute atomic E-state index is 0.0896. The third-order valence-corrected chi connectivity index (χ3v) is 4.88. The summed E-state index contributed by atoms with van der Waals surface area (Å²) in [6, 6.07) is 7.87. The van der Waals surface area contributed by atoms with E-state index in [4.69, 9.17) is 0 Å². The fraction of sp³-hybridized carbons (Fsp3) is 0.286. The lowest BCUT2D eigenvalue weighted by Crippen LogP contribution is -2.38. The molecule has 29 heavy (non-hydrogen) atoms. The van der Waals surface area contributed by atoms with E-state index in [-0.39, 0.29) is 17.4 Å². The lowest BCUT2D eigenvalue weighted by Gasteiger charge is -2.32. The number of piperidine rings is 1. The molecule has 1 aliphatic heterocycles. The molecule has 1 aromatic carbocycles. The molecule has 2 amide bonds. The number of nitrogens with zero attached hydrogens (tertiary/aromatic N) is 2. The van der Waals surface area contributed by atoms with Crippen molar-refractivity contribution in [3.05, 3.63) is 72.1 Å². The number of hydrogen-bond donors (Lipinski definition) is 1. The number of carbonyl (C=O) groups is 2. The first-order chi connectivity index (χ1) is 13.8. The standard InChI is InChI=1S/C21H20F3N3O2/c1-2-19(28)27-9-3-4-15(13-27)14-5-7-18(8-6-14)26-20(29)16-10-17(12-25-11-16)21(22,23)24/h2,5-8,10-12,15H,1,3-4,9,13H2,(H,26,29). The van der Waals surface area contributed by atoms with Crippen LogP contribution < -0.4 is 5.32 Å². The van der Waals surface area contributed by atoms with Crippen molar-refractivity contribution in [2.75, 3.05) is 18.4 Å². The van der Waals surface area contributed by atoms with Crippen LogP contribution in [-0.2, 0) is 11.0 Å². The Labute approximate surface area is 166 Å². The number of benzene rings is 1. The molecule has 2 aromatic rings. The van der Waals surface area contributed by atoms with Crippen LogP contribution in [-0.4, -0.2) is 34.8 Å². The summed E-state index contributed by atoms with van der Waals surface area (Å²) in [5.74, 6) is -0.574. The van der Waals surface area contributed by atoms with E-state index in [0.717, 1.165) is 30.7 Å². The normalized spacial score (nSPS) is 16.9. The molecule has 152 valence electrons. The molecule has 1 saturated heterocycles. The first kappa shape index (κ1) is 20.6. The van der Waals surface area contributed by atoms with Crippen molar-refractivity contribution in [1.82, 2.24) is 9.88 Å². The van der Waals surface area contributed by atoms with Gasteiger partial charge in [0.1, 0.15) is 0 Å². The molecule has 1 atom stereocenters. The van der Waals surface area contributed by atoms with Crippen molar-refractivity contribution in [1.29, 1.82) is 0 Å². The molecule has 2 heterocycles. The quantitative estimate of drug-likeness (QED) is 0.777. The van der Waals surface area contributed by atoms with Crippen LogP contribution in [0.1, 0.15) is 40.2 Å². The zero-order valence-corrected chi connectivity index (χ0v) is 15.6. The molecule has 1 unspecified atom stereocenters. The Kier molecular flexibility index (Phi) is 6.00. The van der Waals surface area contributed by atoms with E-state index in [9.17, 15) is 22.8 Å². The van der Waals surface area contributed by atoms with Gasteiger partial charge in [-0.1, -0.05) is 18.7 Å². The van der Waals surface area contributed by atoms with Gasteiger partial charge < -0.3 is 10.2 Å². The summed E-state index contributed by atoms with van der Waals surface area (Å²) in [6.07, 6.45) is 0.353. The topological polar surface area (TPSA) is 62.3 Å². The molecule has 0 saturated carbocycles. The zero-order valence-electron chi connectivity index (χ0n) is 15.6. The highest BCUT2D eigenvalue weighted by molar-refractivity contribution is 6.04. The zero-order chi connectivity index (χ0) is 21.0. The molecule has 0 spiro atoms. The van der Waals surface area contributed by atoms with Gasteiger partial charge in [0.25, 0.3) is 5.91 Å². The smallest absolute Gasteiger partial charge is 0.339 e. The summed E-state index contributed by atoms with van der Waals surface area (Å²) in [6.45, 7) is 4.83. The highest BCUT2D eigenvalue weighted by atomic mass is 19.4. The van der Waals surface area contributed by atoms with Gasteiger partial charge in [0, 0.05) is 37.1 Å². The number of aromatic nitrogens is 1. The maximum absolute atomic E-state index is 12.8. The lowest BCUT2D eigenvalue weighted by atomic mass is 9.90. The van der Waals surface area contributed by atoms with Crippen molar-refractivity contribution in [3.63, 3.8) is 0 Å². The first-order valence-electron chi connectivity index (χ1n) is 9.13. The van der Waals surface area contributed by atoms with E-state index in [1.54, 1.807) is 17.0 Å². The van der Waals surface area contributed by atoms with Crippen LogP contribution in [0.15, 0.2) is 55.4 Å². The summed E-state index contributed by atoms with van der Waals surface area (Å²) in [5.41, 5.74) is 0.350. The van der Waals surface area contributed by atoms with E-state index < -0.39 is 17.6 Å². The molecule has 1 aliphatic rings. The van der Waals surface area contributed by atoms with Crippen molar-refractivity contribution >= 4 is 17.5 Å². The average molecular weight is 403 g/mol. The number of anilines is 1. The van der Waals surface area contributed by atoms with Crippen molar-refractivity contribution < 1.29 is 22.8 Å². The van der Waals surface area contributed by atoms with E-state index in [0.29, 0.717) is 25.0 Å². The highest BCUT2D eigenvalue weighted by Gasteiger charge is 2.31. The Morgan fingerprint density at radius 3 is 2.59 bits per heavy atom. The predicted molar refractivity (Wildman–Crippen MR) is 102 cm³/mol. The maximum atomic E-state index is 12.8. The number of amides is 2. The SMILES string of the molecule is C=CC(=O)N1CCCC(c2ccc(NC(=O)c3cncc(C(F)(F)F)c3)cc2)C1. The van der Waals surface area contributed by atoms with E-state index in [1.165, 1.54) is 6.08 Å². The van der Waals surface area contributed by atoms with Gasteiger partial charge in [0.05, 0.1) is 11.1 Å². The fourth-order valence-corrected chi connectivity index (χ4v) is 3.34. The van der Waals surface area contributed by atoms with E-state index >= 15 is 0 Å². The molecule has 1 fully saturated rings. The number of likely N-dealkylation sites (tertiary alicyclic amines) is 1. The Balaban J connectivity index is 1.67. The van der Waals surface area contributed by atoms with E-state index in [2.05, 4.69) is 16.9 Å². The number of nitrogens with one attached hydrogen (secondary N) is 1. The van der Waals surface area contributed by atoms with Crippen LogP contribution >= 0.6 is 0 Å². The number of alkyl halides is 3. The van der Waals surface area contributed by atoms with Crippen LogP contribution in [0.4, 0.5) is 18.9 Å². The van der Waals surface area contributed by atoms with Crippen molar-refractivity contribution in [2.45, 2.75) is 24.9 Å². The molecular weight excluding hydrogens is 383 g/mol. The maximum Gasteiger partial charge on any atom is 0.417 e. The van der Waals surface area contributed by atoms with Crippen LogP contribution in [0.2, 0.25) is 0 Å². The number of halogens is 3. The van der Waals surface area contributed by atoms with Crippen LogP contribution in [0.25, 0.3) is 0 Å². The number of pyridine rings is 1. The third-order valence-electron chi connectivity index (χ3n) is 4.88. The Hall–Kier alpha value is -3.16. The Bertz CT molecular complexity index is 910. The number of carbonyl (C=O) groups excluding carboxylic acids is 2. The van der Waals surface area contributed by atoms with Gasteiger partial charge in [-0.25, -0.2) is 0 Å². The fourth-order valence-electron chi connectivity index (χ4n) is 3.34. The Morgan fingerprint density at radius 1 is 1.21 bits per heavy atom. The number of rotatable bonds is 4. The minimum atomic E-state index is -4.56. The van der Waals surface area contributed by atoms with Gasteiger partial charge in [-0.3, -0.25) is 14.6 Å². The van der Waals surface area contributed by atoms with Gasteiger partial charge >= 0.3 is 6.18 Å². The summed E-state index contributed by atoms with van der Waals surface area (Å²) in [5, 5.41) is 2.58. The van der Waals surface area contributed by atoms with Crippen molar-refractivity contribution in [2.24, 2.45) is 0 Å². The summed E-state index contributed by atoms with van der Waals surface area (Å²) >= 11 is 0. The lowest BCUT2D eigenvalue weighted by molar-refractivity contribution is -0.137. The second kappa shape index (κ2) is 8.46. The molecule has 3 rings (SSSR count). The first-order valence-corrected chi connectivity index (χ1v) is 9.13. The minimum Gasteiger partial charge on any atom is -0.339 e. The van der Waals surface area contributed by atoms with Crippen molar-refractivity contribution in [3.8, 4) is 0 Å². The van der Waals surface area contributed by atoms with Gasteiger partial charge in [-0.15, -0.1) is 0 Å². The average Bonchev–Trinajstić information content (AvgIpc) is 2.73. The number of hydrogen-bond acceptors (Lipinski definition) is 3. The monoisotopic (exact) mass is 403 g/mol. The van der Waals surface area contributed by atoms with Gasteiger partial charge in [0.15, 0.2) is 0 Å². The summed E-state index contributed by atoms with van der Waals surface area (Å²) in [4.78, 5) is 29.3. The van der Waals surface area contributed by atoms with Crippen LogP contribution in [0.5, 0.6) is 0 Å². The third kappa shape index (κ3) is 5.01. The predicted octanol–water partition coefficient (Wildman–Crippen LogP) is 4.24. The summed E-state index contributed by atoms with van der Waals surface area (Å²) in [7, 11) is 0. The Morgan fingerprint density at radius 2 is 1.93 bits per heavy atom. The molecule has 0 radical (unpaired) electrons. The second-order valence-electron chi connectivity index (χ2n) is 6.86. The van der Waals surface area contributed by atoms with Crippen LogP contribution in [0, 0.1) is 0 Å². The van der Waals surface area contributed by atoms with Gasteiger partial charge in [0.2, 0.25) is 5.91 Å². The molecule has 1 N–H and O–H groups in total. The van der Waals surface area contributed by atoms with E-state index in [1.807, 2.05) is 12.1 Å². The highest BCUT2D eigenvalue weighted by Crippen LogP contribution is 2.30. The van der Waals surface area contributed by atoms with Gasteiger partial charge in [-0.2, -0.15) is 13.2 Å². The molecule has 8 heteroatoms. The van der Waals surface area contributed by atoms with Gasteiger partial charge in [-0.05, 0) is 42.7 Å². The molecular formula is C21H20F3N3O2. The molecule has 0 aliphatic carbocycles. The largest absolute Gasteiger partial charge is 0.417 e. The second-order valence-corrected chi connectivity index (χ2v) is 6.86.